The van der Waals surface area contributed by atoms with Crippen molar-refractivity contribution < 1.29 is 9.63 Å². The molecule has 9 heteroatoms. The van der Waals surface area contributed by atoms with Crippen LogP contribution in [0, 0.1) is 6.92 Å². The number of carbonyl (C=O) groups is 1. The zero-order chi connectivity index (χ0) is 17.7. The molecular formula is C15H15Cl4N3O2. The molecule has 1 aromatic heterocycles. The van der Waals surface area contributed by atoms with Crippen LogP contribution in [0.15, 0.2) is 43.0 Å². The lowest BCUT2D eigenvalue weighted by Gasteiger charge is -2.37. The van der Waals surface area contributed by atoms with Crippen LogP contribution in [0.2, 0.25) is 0 Å². The van der Waals surface area contributed by atoms with E-state index < -0.39 is 16.4 Å². The van der Waals surface area contributed by atoms with Crippen molar-refractivity contribution in [3.05, 3.63) is 48.5 Å². The summed E-state index contributed by atoms with van der Waals surface area (Å²) in [6, 6.07) is 7.14. The van der Waals surface area contributed by atoms with Gasteiger partial charge in [0.15, 0.2) is 16.2 Å². The fraction of sp³-hybridized carbons (Fsp3) is 0.333. The number of benzene rings is 1. The lowest BCUT2D eigenvalue weighted by molar-refractivity contribution is -0.171. The van der Waals surface area contributed by atoms with Gasteiger partial charge in [0, 0.05) is 12.4 Å². The van der Waals surface area contributed by atoms with Crippen LogP contribution in [0.5, 0.6) is 5.75 Å². The van der Waals surface area contributed by atoms with Gasteiger partial charge in [0.05, 0.1) is 12.2 Å². The Morgan fingerprint density at radius 3 is 2.50 bits per heavy atom. The molecule has 5 nitrogen and oxygen atoms in total. The Labute approximate surface area is 160 Å². The predicted molar refractivity (Wildman–Crippen MR) is 95.8 cm³/mol. The minimum Gasteiger partial charge on any atom is -0.375 e. The number of nitrogens with zero attached hydrogens (tertiary/aromatic N) is 3. The second kappa shape index (κ2) is 8.30. The molecule has 0 saturated carbocycles. The fourth-order valence-corrected chi connectivity index (χ4v) is 2.66. The lowest BCUT2D eigenvalue weighted by atomic mass is 10.2. The summed E-state index contributed by atoms with van der Waals surface area (Å²) < 4.78 is -0.00428. The number of halogens is 4. The van der Waals surface area contributed by atoms with Crippen molar-refractivity contribution in [2.24, 2.45) is 0 Å². The third kappa shape index (κ3) is 4.48. The number of alkyl halides is 4. The van der Waals surface area contributed by atoms with E-state index in [0.717, 1.165) is 10.6 Å². The first kappa shape index (κ1) is 19.2. The van der Waals surface area contributed by atoms with Crippen molar-refractivity contribution in [2.75, 3.05) is 11.8 Å². The van der Waals surface area contributed by atoms with E-state index in [0.29, 0.717) is 5.75 Å². The van der Waals surface area contributed by atoms with Gasteiger partial charge in [-0.3, -0.25) is 4.79 Å². The summed E-state index contributed by atoms with van der Waals surface area (Å²) in [6.07, 6.45) is 3.63. The number of amides is 1. The molecule has 24 heavy (non-hydrogen) atoms. The number of aromatic nitrogens is 2. The van der Waals surface area contributed by atoms with Crippen LogP contribution in [0.3, 0.4) is 0 Å². The first-order chi connectivity index (χ1) is 11.4. The molecule has 0 aliphatic carbocycles. The number of carbonyl (C=O) groups excluding carboxylic acids is 1. The highest BCUT2D eigenvalue weighted by Gasteiger charge is 2.43. The maximum absolute atomic E-state index is 12.4. The number of hydrogen-bond acceptors (Lipinski definition) is 3. The van der Waals surface area contributed by atoms with E-state index in [4.69, 9.17) is 51.2 Å². The third-order valence-corrected chi connectivity index (χ3v) is 4.75. The van der Waals surface area contributed by atoms with Gasteiger partial charge >= 0.3 is 0 Å². The third-order valence-electron chi connectivity index (χ3n) is 3.17. The molecule has 0 aliphatic rings. The Kier molecular flexibility index (Phi) is 6.63. The van der Waals surface area contributed by atoms with Crippen LogP contribution in [0.25, 0.3) is 0 Å². The molecule has 0 radical (unpaired) electrons. The summed E-state index contributed by atoms with van der Waals surface area (Å²) in [6.45, 7) is 1.94. The SMILES string of the molecule is Cc1ccc(ON(C(=O)CCl)C(n2ccnc2)C(Cl)(Cl)CCl)cc1. The summed E-state index contributed by atoms with van der Waals surface area (Å²) in [5.74, 6) is -0.555. The zero-order valence-corrected chi connectivity index (χ0v) is 15.7. The molecular weight excluding hydrogens is 396 g/mol. The highest BCUT2D eigenvalue weighted by molar-refractivity contribution is 6.51. The van der Waals surface area contributed by atoms with Crippen LogP contribution >= 0.6 is 46.4 Å². The fourth-order valence-electron chi connectivity index (χ4n) is 2.00. The molecule has 0 saturated heterocycles. The Hall–Kier alpha value is -1.14. The minimum atomic E-state index is -1.53. The predicted octanol–water partition coefficient (Wildman–Crippen LogP) is 4.16. The highest BCUT2D eigenvalue weighted by Crippen LogP contribution is 2.38. The smallest absolute Gasteiger partial charge is 0.272 e. The van der Waals surface area contributed by atoms with Gasteiger partial charge in [-0.25, -0.2) is 4.98 Å². The summed E-state index contributed by atoms with van der Waals surface area (Å²) in [5, 5.41) is 1.02. The monoisotopic (exact) mass is 409 g/mol. The van der Waals surface area contributed by atoms with Gasteiger partial charge in [0.1, 0.15) is 5.88 Å². The number of rotatable bonds is 7. The van der Waals surface area contributed by atoms with E-state index >= 15 is 0 Å². The average molecular weight is 411 g/mol. The second-order valence-corrected chi connectivity index (χ2v) is 7.11. The van der Waals surface area contributed by atoms with Gasteiger partial charge in [0.25, 0.3) is 5.91 Å². The van der Waals surface area contributed by atoms with Crippen LogP contribution in [-0.4, -0.2) is 36.6 Å². The molecule has 0 N–H and O–H groups in total. The Morgan fingerprint density at radius 2 is 2.00 bits per heavy atom. The molecule has 0 spiro atoms. The number of hydrogen-bond donors (Lipinski definition) is 0. The van der Waals surface area contributed by atoms with Crippen LogP contribution in [0.4, 0.5) is 0 Å². The van der Waals surface area contributed by atoms with Crippen molar-refractivity contribution >= 4 is 52.3 Å². The molecule has 2 aromatic rings. The second-order valence-electron chi connectivity index (χ2n) is 5.04. The molecule has 1 amide bonds. The summed E-state index contributed by atoms with van der Waals surface area (Å²) in [5.41, 5.74) is 1.05. The van der Waals surface area contributed by atoms with Gasteiger partial charge in [-0.1, -0.05) is 40.9 Å². The van der Waals surface area contributed by atoms with E-state index in [1.54, 1.807) is 18.3 Å². The van der Waals surface area contributed by atoms with Crippen LogP contribution in [-0.2, 0) is 4.79 Å². The number of hydroxylamine groups is 2. The first-order valence-corrected chi connectivity index (χ1v) is 8.75. The molecule has 2 rings (SSSR count). The van der Waals surface area contributed by atoms with Gasteiger partial charge in [-0.2, -0.15) is 0 Å². The molecule has 130 valence electrons. The topological polar surface area (TPSA) is 47.4 Å². The molecule has 1 unspecified atom stereocenters. The van der Waals surface area contributed by atoms with E-state index in [1.807, 2.05) is 19.1 Å². The number of imidazole rings is 1. The molecule has 0 bridgehead atoms. The molecule has 1 atom stereocenters. The minimum absolute atomic E-state index is 0.151. The Balaban J connectivity index is 2.42. The van der Waals surface area contributed by atoms with E-state index in [-0.39, 0.29) is 11.8 Å². The molecule has 0 aliphatic heterocycles. The van der Waals surface area contributed by atoms with Gasteiger partial charge in [0.2, 0.25) is 0 Å². The molecule has 0 fully saturated rings. The maximum Gasteiger partial charge on any atom is 0.272 e. The maximum atomic E-state index is 12.4. The van der Waals surface area contributed by atoms with Crippen LogP contribution in [0.1, 0.15) is 11.7 Å². The van der Waals surface area contributed by atoms with E-state index in [2.05, 4.69) is 4.98 Å². The van der Waals surface area contributed by atoms with Crippen molar-refractivity contribution in [3.8, 4) is 5.75 Å². The summed E-state index contributed by atoms with van der Waals surface area (Å²) in [7, 11) is 0. The van der Waals surface area contributed by atoms with Gasteiger partial charge in [-0.05, 0) is 19.1 Å². The summed E-state index contributed by atoms with van der Waals surface area (Å²) >= 11 is 24.3. The standard InChI is InChI=1S/C15H15Cl4N3O2/c1-11-2-4-12(5-3-11)24-22(13(23)8-16)14(15(18,19)9-17)21-7-6-20-10-21/h2-7,10,14H,8-9H2,1H3. The molecule has 1 aromatic carbocycles. The quantitative estimate of drug-likeness (QED) is 0.508. The van der Waals surface area contributed by atoms with Crippen molar-refractivity contribution in [1.29, 1.82) is 0 Å². The molecule has 1 heterocycles. The van der Waals surface area contributed by atoms with E-state index in [1.165, 1.54) is 17.1 Å². The lowest BCUT2D eigenvalue weighted by Crippen LogP contribution is -2.49. The van der Waals surface area contributed by atoms with Crippen molar-refractivity contribution in [2.45, 2.75) is 17.4 Å². The van der Waals surface area contributed by atoms with E-state index in [9.17, 15) is 4.79 Å². The average Bonchev–Trinajstić information content (AvgIpc) is 3.09. The summed E-state index contributed by atoms with van der Waals surface area (Å²) in [4.78, 5) is 22.0. The largest absolute Gasteiger partial charge is 0.375 e. The van der Waals surface area contributed by atoms with Gasteiger partial charge < -0.3 is 9.40 Å². The first-order valence-electron chi connectivity index (χ1n) is 6.93. The highest BCUT2D eigenvalue weighted by atomic mass is 35.5. The number of aryl methyl sites for hydroxylation is 1. The van der Waals surface area contributed by atoms with Gasteiger partial charge in [-0.15, -0.1) is 28.3 Å². The van der Waals surface area contributed by atoms with Crippen LogP contribution < -0.4 is 4.84 Å². The zero-order valence-electron chi connectivity index (χ0n) is 12.7. The van der Waals surface area contributed by atoms with Crippen molar-refractivity contribution in [3.63, 3.8) is 0 Å². The Morgan fingerprint density at radius 1 is 1.33 bits per heavy atom. The Bertz CT molecular complexity index is 662. The normalized spacial score (nSPS) is 12.7. The van der Waals surface area contributed by atoms with Crippen molar-refractivity contribution in [1.82, 2.24) is 14.6 Å².